The normalized spacial score (nSPS) is 18.3. The number of fused-ring (bicyclic) bond motifs is 1. The van der Waals surface area contributed by atoms with Gasteiger partial charge < -0.3 is 25.3 Å². The molecule has 3 N–H and O–H groups in total. The molecule has 11 nitrogen and oxygen atoms in total. The molecule has 4 aromatic heterocycles. The summed E-state index contributed by atoms with van der Waals surface area (Å²) in [6.45, 7) is 4.60. The molecule has 3 aliphatic heterocycles. The van der Waals surface area contributed by atoms with Crippen LogP contribution in [0.1, 0.15) is 30.4 Å². The Morgan fingerprint density at radius 3 is 2.61 bits per heavy atom. The Balaban J connectivity index is 1.02. The number of carbonyl (C=O) groups excluding carboxylic acids is 2. The van der Waals surface area contributed by atoms with Gasteiger partial charge in [0.2, 0.25) is 17.7 Å². The zero-order chi connectivity index (χ0) is 35.3. The highest BCUT2D eigenvalue weighted by Gasteiger charge is 2.48. The van der Waals surface area contributed by atoms with Crippen LogP contribution < -0.4 is 20.7 Å². The van der Waals surface area contributed by atoms with Gasteiger partial charge in [-0.2, -0.15) is 0 Å². The van der Waals surface area contributed by atoms with Crippen molar-refractivity contribution in [2.75, 3.05) is 33.3 Å². The van der Waals surface area contributed by atoms with Crippen molar-refractivity contribution in [3.8, 4) is 39.5 Å². The van der Waals surface area contributed by atoms with Crippen molar-refractivity contribution in [2.24, 2.45) is 12.5 Å². The fourth-order valence-electron chi connectivity index (χ4n) is 7.74. The van der Waals surface area contributed by atoms with Gasteiger partial charge in [0.15, 0.2) is 0 Å². The summed E-state index contributed by atoms with van der Waals surface area (Å²) in [5.41, 5.74) is 8.42. The van der Waals surface area contributed by atoms with Gasteiger partial charge in [0, 0.05) is 123 Å². The van der Waals surface area contributed by atoms with Crippen LogP contribution in [0.4, 0.5) is 0 Å². The fraction of sp³-hybridized carbons (Fsp3) is 0.342. The average molecular weight is 726 g/mol. The topological polar surface area (TPSA) is 126 Å². The Morgan fingerprint density at radius 1 is 1.02 bits per heavy atom. The van der Waals surface area contributed by atoms with Crippen LogP contribution in [0.15, 0.2) is 61.1 Å². The average Bonchev–Trinajstić information content (AvgIpc) is 3.81. The molecule has 0 radical (unpaired) electrons. The first kappa shape index (κ1) is 33.6. The van der Waals surface area contributed by atoms with Crippen LogP contribution in [0.2, 0.25) is 10.0 Å². The van der Waals surface area contributed by atoms with Gasteiger partial charge in [-0.15, -0.1) is 0 Å². The van der Waals surface area contributed by atoms with Gasteiger partial charge in [0.05, 0.1) is 39.6 Å². The van der Waals surface area contributed by atoms with Crippen LogP contribution >= 0.6 is 23.2 Å². The Kier molecular flexibility index (Phi) is 8.91. The molecule has 51 heavy (non-hydrogen) atoms. The van der Waals surface area contributed by atoms with Crippen LogP contribution in [0.25, 0.3) is 44.7 Å². The standard InChI is InChI=1S/C38H38Cl2N8O3/c1-47-17-24(18-48-20-38(21-48)13-32(50)44-19-38)35-30(47)12-23(15-43-35)36-34(40)27(10-11-42-36)26-4-3-5-28(33(26)39)29-8-6-22(37(46-29)51-2)14-41-16-25-7-9-31(49)45-25/h3-6,8,10-12,15,17,25,41H,7,9,13-14,16,18-21H2,1-2H3,(H,44,50)(H,45,49)/t25-/m1/s1. The van der Waals surface area contributed by atoms with E-state index in [-0.39, 0.29) is 23.3 Å². The fourth-order valence-corrected chi connectivity index (χ4v) is 8.39. The number of ether oxygens (including phenoxy) is 1. The molecular formula is C38H38Cl2N8O3. The number of carbonyl (C=O) groups is 2. The van der Waals surface area contributed by atoms with E-state index in [9.17, 15) is 9.59 Å². The van der Waals surface area contributed by atoms with Crippen LogP contribution in [0.3, 0.4) is 0 Å². The van der Waals surface area contributed by atoms with Crippen molar-refractivity contribution in [2.45, 2.75) is 38.4 Å². The monoisotopic (exact) mass is 724 g/mol. The summed E-state index contributed by atoms with van der Waals surface area (Å²) in [5, 5.41) is 10.3. The number of methoxy groups -OCH3 is 1. The number of hydrogen-bond acceptors (Lipinski definition) is 8. The number of likely N-dealkylation sites (tertiary alicyclic amines) is 1. The number of nitrogens with zero attached hydrogens (tertiary/aromatic N) is 5. The summed E-state index contributed by atoms with van der Waals surface area (Å²) in [4.78, 5) is 40.0. The maximum atomic E-state index is 11.8. The minimum Gasteiger partial charge on any atom is -0.481 e. The number of nitrogens with one attached hydrogen (secondary N) is 3. The highest BCUT2D eigenvalue weighted by molar-refractivity contribution is 6.39. The second-order valence-corrected chi connectivity index (χ2v) is 14.7. The Bertz CT molecular complexity index is 2180. The SMILES string of the molecule is COc1nc(-c2cccc(-c3ccnc(-c4cnc5c(CN6CC7(CNC(=O)C7)C6)cn(C)c5c4)c3Cl)c2Cl)ccc1CNC[C@H]1CCC(=O)N1. The molecule has 0 bridgehead atoms. The smallest absolute Gasteiger partial charge is 0.220 e. The van der Waals surface area contributed by atoms with Crippen molar-refractivity contribution in [3.63, 3.8) is 0 Å². The largest absolute Gasteiger partial charge is 0.481 e. The quantitative estimate of drug-likeness (QED) is 0.176. The van der Waals surface area contributed by atoms with Crippen molar-refractivity contribution in [1.82, 2.24) is 40.4 Å². The number of pyridine rings is 3. The van der Waals surface area contributed by atoms with E-state index in [0.29, 0.717) is 53.2 Å². The van der Waals surface area contributed by atoms with Gasteiger partial charge in [-0.25, -0.2) is 4.98 Å². The minimum atomic E-state index is 0.0844. The van der Waals surface area contributed by atoms with E-state index >= 15 is 0 Å². The minimum absolute atomic E-state index is 0.0844. The number of hydrogen-bond donors (Lipinski definition) is 3. The maximum absolute atomic E-state index is 11.8. The molecule has 3 fully saturated rings. The highest BCUT2D eigenvalue weighted by atomic mass is 35.5. The molecule has 2 amide bonds. The maximum Gasteiger partial charge on any atom is 0.220 e. The van der Waals surface area contributed by atoms with E-state index < -0.39 is 0 Å². The second kappa shape index (κ2) is 13.5. The van der Waals surface area contributed by atoms with Gasteiger partial charge in [0.1, 0.15) is 0 Å². The van der Waals surface area contributed by atoms with Gasteiger partial charge in [-0.1, -0.05) is 47.5 Å². The Labute approximate surface area is 305 Å². The lowest BCUT2D eigenvalue weighted by atomic mass is 9.79. The first-order valence-corrected chi connectivity index (χ1v) is 17.9. The lowest BCUT2D eigenvalue weighted by molar-refractivity contribution is -0.121. The molecule has 13 heteroatoms. The number of benzene rings is 1. The van der Waals surface area contributed by atoms with Crippen LogP contribution in [-0.4, -0.2) is 75.6 Å². The van der Waals surface area contributed by atoms with E-state index in [1.165, 1.54) is 0 Å². The summed E-state index contributed by atoms with van der Waals surface area (Å²) >= 11 is 14.2. The number of aryl methyl sites for hydroxylation is 1. The molecule has 1 spiro atoms. The summed E-state index contributed by atoms with van der Waals surface area (Å²) in [6, 6.07) is 13.8. The van der Waals surface area contributed by atoms with Gasteiger partial charge in [-0.05, 0) is 24.6 Å². The first-order valence-electron chi connectivity index (χ1n) is 17.1. The summed E-state index contributed by atoms with van der Waals surface area (Å²) in [7, 11) is 3.62. The number of aromatic nitrogens is 4. The third-order valence-electron chi connectivity index (χ3n) is 10.3. The lowest BCUT2D eigenvalue weighted by Crippen LogP contribution is -2.56. The van der Waals surface area contributed by atoms with E-state index in [2.05, 4.69) is 42.7 Å². The van der Waals surface area contributed by atoms with Crippen LogP contribution in [0, 0.1) is 5.41 Å². The molecule has 0 unspecified atom stereocenters. The van der Waals surface area contributed by atoms with Gasteiger partial charge in [-0.3, -0.25) is 24.5 Å². The van der Waals surface area contributed by atoms with Gasteiger partial charge >= 0.3 is 0 Å². The number of halogens is 2. The van der Waals surface area contributed by atoms with Crippen molar-refractivity contribution < 1.29 is 14.3 Å². The van der Waals surface area contributed by atoms with E-state index in [1.54, 1.807) is 13.3 Å². The van der Waals surface area contributed by atoms with Crippen LogP contribution in [0.5, 0.6) is 5.88 Å². The number of amides is 2. The van der Waals surface area contributed by atoms with E-state index in [4.69, 9.17) is 37.9 Å². The molecule has 1 atom stereocenters. The summed E-state index contributed by atoms with van der Waals surface area (Å²) < 4.78 is 7.75. The third-order valence-corrected chi connectivity index (χ3v) is 11.1. The molecular weight excluding hydrogens is 687 g/mol. The molecule has 8 rings (SSSR count). The lowest BCUT2D eigenvalue weighted by Gasteiger charge is -2.47. The van der Waals surface area contributed by atoms with Crippen molar-refractivity contribution in [1.29, 1.82) is 0 Å². The number of rotatable bonds is 10. The molecule has 3 aliphatic rings. The molecule has 0 aliphatic carbocycles. The highest BCUT2D eigenvalue weighted by Crippen LogP contribution is 2.42. The molecule has 262 valence electrons. The van der Waals surface area contributed by atoms with Crippen molar-refractivity contribution >= 4 is 46.0 Å². The summed E-state index contributed by atoms with van der Waals surface area (Å²) in [6.07, 6.45) is 7.72. The second-order valence-electron chi connectivity index (χ2n) is 13.9. The molecule has 5 aromatic rings. The first-order chi connectivity index (χ1) is 24.7. The molecule has 3 saturated heterocycles. The van der Waals surface area contributed by atoms with Crippen LogP contribution in [-0.2, 0) is 29.7 Å². The Morgan fingerprint density at radius 2 is 1.84 bits per heavy atom. The van der Waals surface area contributed by atoms with E-state index in [0.717, 1.165) is 77.0 Å². The van der Waals surface area contributed by atoms with Gasteiger partial charge in [0.25, 0.3) is 0 Å². The zero-order valence-electron chi connectivity index (χ0n) is 28.4. The molecule has 7 heterocycles. The molecule has 0 saturated carbocycles. The summed E-state index contributed by atoms with van der Waals surface area (Å²) in [5.74, 6) is 0.758. The Hall–Kier alpha value is -4.55. The van der Waals surface area contributed by atoms with E-state index in [1.807, 2.05) is 49.6 Å². The zero-order valence-corrected chi connectivity index (χ0v) is 29.9. The third kappa shape index (κ3) is 6.44. The molecule has 1 aromatic carbocycles. The van der Waals surface area contributed by atoms with Crippen molar-refractivity contribution in [3.05, 3.63) is 82.2 Å². The predicted molar refractivity (Wildman–Crippen MR) is 197 cm³/mol. The predicted octanol–water partition coefficient (Wildman–Crippen LogP) is 5.37.